The summed E-state index contributed by atoms with van der Waals surface area (Å²) in [6.07, 6.45) is -4.47. The van der Waals surface area contributed by atoms with Crippen molar-refractivity contribution in [3.63, 3.8) is 0 Å². The summed E-state index contributed by atoms with van der Waals surface area (Å²) < 4.78 is 39.4. The van der Waals surface area contributed by atoms with E-state index in [4.69, 9.17) is 0 Å². The van der Waals surface area contributed by atoms with Crippen LogP contribution in [0.2, 0.25) is 0 Å². The van der Waals surface area contributed by atoms with Crippen molar-refractivity contribution < 1.29 is 18.3 Å². The van der Waals surface area contributed by atoms with Crippen LogP contribution in [0.15, 0.2) is 60.7 Å². The highest BCUT2D eigenvalue weighted by Crippen LogP contribution is 2.42. The van der Waals surface area contributed by atoms with Crippen molar-refractivity contribution in [2.24, 2.45) is 0 Å². The maximum atomic E-state index is 13.1. The topological polar surface area (TPSA) is 50.9 Å². The number of nitrogens with zero attached hydrogens (tertiary/aromatic N) is 3. The summed E-state index contributed by atoms with van der Waals surface area (Å²) in [5.41, 5.74) is 1.82. The van der Waals surface area contributed by atoms with Gasteiger partial charge in [-0.3, -0.25) is 0 Å². The Morgan fingerprint density at radius 1 is 0.727 bits per heavy atom. The molecule has 7 heteroatoms. The van der Waals surface area contributed by atoms with Crippen molar-refractivity contribution in [1.82, 2.24) is 15.0 Å². The number of aromatic nitrogens is 3. The van der Waals surface area contributed by atoms with Gasteiger partial charge in [0.05, 0.1) is 5.56 Å². The predicted molar refractivity (Wildman–Crippen MR) is 123 cm³/mol. The minimum atomic E-state index is -4.47. The first-order chi connectivity index (χ1) is 15.3. The summed E-state index contributed by atoms with van der Waals surface area (Å²) in [6.45, 7) is 10.2. The van der Waals surface area contributed by atoms with Crippen LogP contribution in [0, 0.1) is 0 Å². The molecule has 4 rings (SSSR count). The maximum absolute atomic E-state index is 13.1. The number of phenolic OH excluding ortho intramolecular Hbond substituents is 1. The van der Waals surface area contributed by atoms with Gasteiger partial charge in [-0.25, -0.2) is 0 Å². The SMILES string of the molecule is CC(C)(C)c1cc(-n2nc3ccc(C(F)(F)F)cc3n2)c(O)c(C(C)(C)c2ccccc2)c1. The van der Waals surface area contributed by atoms with Gasteiger partial charge in [-0.05, 0) is 40.8 Å². The van der Waals surface area contributed by atoms with Crippen molar-refractivity contribution in [1.29, 1.82) is 0 Å². The van der Waals surface area contributed by atoms with Crippen LogP contribution in [0.4, 0.5) is 13.2 Å². The van der Waals surface area contributed by atoms with Gasteiger partial charge in [-0.1, -0.05) is 71.0 Å². The number of benzene rings is 3. The minimum Gasteiger partial charge on any atom is -0.505 e. The third-order valence-corrected chi connectivity index (χ3v) is 6.05. The number of halogens is 3. The number of fused-ring (bicyclic) bond motifs is 1. The number of alkyl halides is 3. The van der Waals surface area contributed by atoms with Gasteiger partial charge in [0.15, 0.2) is 0 Å². The number of aromatic hydroxyl groups is 1. The lowest BCUT2D eigenvalue weighted by atomic mass is 9.75. The molecule has 33 heavy (non-hydrogen) atoms. The predicted octanol–water partition coefficient (Wildman–Crippen LogP) is 6.77. The normalized spacial score (nSPS) is 13.0. The molecule has 172 valence electrons. The van der Waals surface area contributed by atoms with E-state index in [9.17, 15) is 18.3 Å². The Balaban J connectivity index is 1.94. The molecule has 1 aromatic heterocycles. The zero-order valence-electron chi connectivity index (χ0n) is 19.2. The molecule has 0 fully saturated rings. The molecule has 4 nitrogen and oxygen atoms in total. The zero-order valence-corrected chi connectivity index (χ0v) is 19.2. The van der Waals surface area contributed by atoms with Gasteiger partial charge in [0.25, 0.3) is 0 Å². The average Bonchev–Trinajstić information content (AvgIpc) is 3.16. The molecule has 0 aliphatic rings. The fraction of sp³-hybridized carbons (Fsp3) is 0.308. The van der Waals surface area contributed by atoms with E-state index in [1.165, 1.54) is 10.9 Å². The zero-order chi connectivity index (χ0) is 24.2. The van der Waals surface area contributed by atoms with Crippen molar-refractivity contribution in [3.05, 3.63) is 82.9 Å². The molecule has 0 aliphatic heterocycles. The largest absolute Gasteiger partial charge is 0.505 e. The quantitative estimate of drug-likeness (QED) is 0.372. The molecule has 3 aromatic carbocycles. The van der Waals surface area contributed by atoms with Gasteiger partial charge < -0.3 is 5.11 Å². The fourth-order valence-electron chi connectivity index (χ4n) is 3.89. The fourth-order valence-corrected chi connectivity index (χ4v) is 3.89. The van der Waals surface area contributed by atoms with Gasteiger partial charge in [0.1, 0.15) is 22.5 Å². The van der Waals surface area contributed by atoms with E-state index < -0.39 is 17.2 Å². The molecule has 0 spiro atoms. The molecule has 0 saturated heterocycles. The van der Waals surface area contributed by atoms with E-state index in [0.717, 1.165) is 23.3 Å². The Bertz CT molecular complexity index is 1320. The number of hydrogen-bond acceptors (Lipinski definition) is 3. The highest BCUT2D eigenvalue weighted by atomic mass is 19.4. The highest BCUT2D eigenvalue weighted by molar-refractivity contribution is 5.75. The number of phenols is 1. The van der Waals surface area contributed by atoms with Crippen molar-refractivity contribution in [2.45, 2.75) is 51.6 Å². The molecular formula is C26H26F3N3O. The van der Waals surface area contributed by atoms with E-state index in [0.29, 0.717) is 16.8 Å². The third kappa shape index (κ3) is 4.19. The Labute approximate surface area is 190 Å². The molecule has 1 N–H and O–H groups in total. The molecule has 0 amide bonds. The second-order valence-electron chi connectivity index (χ2n) is 9.82. The molecule has 0 bridgehead atoms. The van der Waals surface area contributed by atoms with Crippen molar-refractivity contribution in [3.8, 4) is 11.4 Å². The van der Waals surface area contributed by atoms with Gasteiger partial charge in [-0.15, -0.1) is 15.0 Å². The Morgan fingerprint density at radius 3 is 1.97 bits per heavy atom. The third-order valence-electron chi connectivity index (χ3n) is 6.05. The molecule has 0 saturated carbocycles. The van der Waals surface area contributed by atoms with Crippen LogP contribution in [-0.2, 0) is 17.0 Å². The second kappa shape index (κ2) is 7.61. The minimum absolute atomic E-state index is 0.00629. The first-order valence-electron chi connectivity index (χ1n) is 10.7. The summed E-state index contributed by atoms with van der Waals surface area (Å²) in [6, 6.07) is 16.9. The van der Waals surface area contributed by atoms with Crippen LogP contribution in [-0.4, -0.2) is 20.1 Å². The number of rotatable bonds is 3. The van der Waals surface area contributed by atoms with Crippen LogP contribution in [0.25, 0.3) is 16.7 Å². The summed E-state index contributed by atoms with van der Waals surface area (Å²) in [7, 11) is 0. The second-order valence-corrected chi connectivity index (χ2v) is 9.82. The van der Waals surface area contributed by atoms with Crippen LogP contribution in [0.1, 0.15) is 56.9 Å². The number of hydrogen-bond donors (Lipinski definition) is 1. The van der Waals surface area contributed by atoms with E-state index in [-0.39, 0.29) is 16.7 Å². The van der Waals surface area contributed by atoms with Crippen LogP contribution in [0.3, 0.4) is 0 Å². The Kier molecular flexibility index (Phi) is 5.26. The van der Waals surface area contributed by atoms with Crippen LogP contribution in [0.5, 0.6) is 5.75 Å². The summed E-state index contributed by atoms with van der Waals surface area (Å²) in [5.74, 6) is -0.00629. The molecule has 1 heterocycles. The molecular weight excluding hydrogens is 427 g/mol. The average molecular weight is 454 g/mol. The molecule has 4 aromatic rings. The maximum Gasteiger partial charge on any atom is 0.416 e. The van der Waals surface area contributed by atoms with Crippen LogP contribution >= 0.6 is 0 Å². The standard InChI is InChI=1S/C26H26F3N3O/c1-24(2,3)18-13-19(25(4,5)16-9-7-6-8-10-16)23(33)22(15-18)32-30-20-12-11-17(26(27,28)29)14-21(20)31-32/h6-15,33H,1-5H3. The molecule has 0 aliphatic carbocycles. The van der Waals surface area contributed by atoms with E-state index in [2.05, 4.69) is 31.0 Å². The summed E-state index contributed by atoms with van der Waals surface area (Å²) >= 11 is 0. The lowest BCUT2D eigenvalue weighted by Gasteiger charge is -2.30. The van der Waals surface area contributed by atoms with Gasteiger partial charge in [-0.2, -0.15) is 13.2 Å². The summed E-state index contributed by atoms with van der Waals surface area (Å²) in [5, 5.41) is 20.0. The lowest BCUT2D eigenvalue weighted by molar-refractivity contribution is -0.137. The molecule has 0 radical (unpaired) electrons. The molecule has 0 unspecified atom stereocenters. The first kappa shape index (κ1) is 22.8. The summed E-state index contributed by atoms with van der Waals surface area (Å²) in [4.78, 5) is 1.22. The first-order valence-corrected chi connectivity index (χ1v) is 10.7. The van der Waals surface area contributed by atoms with Gasteiger partial charge in [0, 0.05) is 11.0 Å². The monoisotopic (exact) mass is 453 g/mol. The van der Waals surface area contributed by atoms with Gasteiger partial charge in [0.2, 0.25) is 0 Å². The highest BCUT2D eigenvalue weighted by Gasteiger charge is 2.32. The molecule has 0 atom stereocenters. The lowest BCUT2D eigenvalue weighted by Crippen LogP contribution is -2.22. The Hall–Kier alpha value is -3.35. The van der Waals surface area contributed by atoms with Crippen molar-refractivity contribution in [2.75, 3.05) is 0 Å². The van der Waals surface area contributed by atoms with Gasteiger partial charge >= 0.3 is 6.18 Å². The van der Waals surface area contributed by atoms with Crippen LogP contribution < -0.4 is 0 Å². The van der Waals surface area contributed by atoms with E-state index >= 15 is 0 Å². The van der Waals surface area contributed by atoms with E-state index in [1.54, 1.807) is 6.07 Å². The van der Waals surface area contributed by atoms with E-state index in [1.807, 2.05) is 50.2 Å². The smallest absolute Gasteiger partial charge is 0.416 e. The van der Waals surface area contributed by atoms with Crippen molar-refractivity contribution >= 4 is 11.0 Å². The Morgan fingerprint density at radius 2 is 1.36 bits per heavy atom.